The van der Waals surface area contributed by atoms with E-state index in [9.17, 15) is 0 Å². The fourth-order valence-corrected chi connectivity index (χ4v) is 1.44. The van der Waals surface area contributed by atoms with Crippen molar-refractivity contribution >= 4 is 29.9 Å². The third kappa shape index (κ3) is 10.2. The van der Waals surface area contributed by atoms with Gasteiger partial charge in [-0.3, -0.25) is 4.99 Å². The topological polar surface area (TPSA) is 27.6 Å². The summed E-state index contributed by atoms with van der Waals surface area (Å²) in [5, 5.41) is 3.09. The van der Waals surface area contributed by atoms with Crippen molar-refractivity contribution in [1.29, 1.82) is 0 Å². The Morgan fingerprint density at radius 3 is 2.71 bits per heavy atom. The van der Waals surface area contributed by atoms with Crippen LogP contribution in [0.15, 0.2) is 17.6 Å². The molecule has 0 aliphatic carbocycles. The maximum absolute atomic E-state index is 5.19. The van der Waals surface area contributed by atoms with E-state index >= 15 is 0 Å². The molecule has 0 rings (SSSR count). The van der Waals surface area contributed by atoms with Gasteiger partial charge >= 0.3 is 0 Å². The normalized spacial score (nSPS) is 10.1. The molecule has 17 heavy (non-hydrogen) atoms. The van der Waals surface area contributed by atoms with Crippen molar-refractivity contribution in [2.24, 2.45) is 4.99 Å². The lowest BCUT2D eigenvalue weighted by Crippen LogP contribution is -2.39. The predicted octanol–water partition coefficient (Wildman–Crippen LogP) is 2.49. The smallest absolute Gasteiger partial charge is 0.194 e. The summed E-state index contributed by atoms with van der Waals surface area (Å²) in [5.41, 5.74) is 0. The molecule has 0 radical (unpaired) electrons. The number of aliphatic imine (C=N–C) groups is 1. The molecule has 0 saturated carbocycles. The Labute approximate surface area is 123 Å². The third-order valence-corrected chi connectivity index (χ3v) is 2.32. The largest absolute Gasteiger partial charge is 0.346 e. The second-order valence-corrected chi connectivity index (χ2v) is 3.66. The summed E-state index contributed by atoms with van der Waals surface area (Å²) in [6, 6.07) is 0. The van der Waals surface area contributed by atoms with Crippen LogP contribution in [0.4, 0.5) is 0 Å². The maximum Gasteiger partial charge on any atom is 0.194 e. The summed E-state index contributed by atoms with van der Waals surface area (Å²) in [6.45, 7) is 5.23. The van der Waals surface area contributed by atoms with E-state index < -0.39 is 0 Å². The first-order chi connectivity index (χ1) is 7.76. The van der Waals surface area contributed by atoms with E-state index in [1.54, 1.807) is 7.05 Å². The molecule has 0 spiro atoms. The van der Waals surface area contributed by atoms with Gasteiger partial charge in [0.25, 0.3) is 0 Å². The number of guanidine groups is 1. The minimum absolute atomic E-state index is 0. The van der Waals surface area contributed by atoms with Gasteiger partial charge in [-0.05, 0) is 19.3 Å². The number of allylic oxidation sites excluding steroid dienone is 1. The van der Waals surface area contributed by atoms with Crippen LogP contribution in [0.25, 0.3) is 0 Å². The SMILES string of the molecule is C#CCNC(=NC)N(C)CCCCCC=C.I. The van der Waals surface area contributed by atoms with Crippen molar-refractivity contribution < 1.29 is 0 Å². The molecule has 0 saturated heterocycles. The van der Waals surface area contributed by atoms with E-state index in [-0.39, 0.29) is 24.0 Å². The lowest BCUT2D eigenvalue weighted by atomic mass is 10.2. The predicted molar refractivity (Wildman–Crippen MR) is 86.9 cm³/mol. The van der Waals surface area contributed by atoms with Crippen molar-refractivity contribution in [3.05, 3.63) is 12.7 Å². The number of nitrogens with zero attached hydrogens (tertiary/aromatic N) is 2. The molecule has 0 aliphatic heterocycles. The van der Waals surface area contributed by atoms with E-state index in [1.807, 2.05) is 13.1 Å². The number of rotatable bonds is 7. The van der Waals surface area contributed by atoms with E-state index in [0.717, 1.165) is 18.9 Å². The van der Waals surface area contributed by atoms with Crippen LogP contribution in [0.5, 0.6) is 0 Å². The number of halogens is 1. The van der Waals surface area contributed by atoms with Gasteiger partial charge in [-0.2, -0.15) is 0 Å². The average molecular weight is 349 g/mol. The second-order valence-electron chi connectivity index (χ2n) is 3.66. The van der Waals surface area contributed by atoms with Crippen LogP contribution in [-0.2, 0) is 0 Å². The van der Waals surface area contributed by atoms with Crippen LogP contribution in [0.1, 0.15) is 25.7 Å². The zero-order valence-corrected chi connectivity index (χ0v) is 13.2. The molecule has 4 heteroatoms. The number of unbranched alkanes of at least 4 members (excludes halogenated alkanes) is 3. The second kappa shape index (κ2) is 13.4. The number of terminal acetylenes is 1. The van der Waals surface area contributed by atoms with E-state index in [1.165, 1.54) is 19.3 Å². The molecule has 0 bridgehead atoms. The summed E-state index contributed by atoms with van der Waals surface area (Å²) in [4.78, 5) is 6.26. The molecule has 0 fully saturated rings. The van der Waals surface area contributed by atoms with Crippen molar-refractivity contribution in [3.63, 3.8) is 0 Å². The van der Waals surface area contributed by atoms with Crippen LogP contribution in [0, 0.1) is 12.3 Å². The molecule has 0 aliphatic rings. The first-order valence-corrected chi connectivity index (χ1v) is 5.72. The fraction of sp³-hybridized carbons (Fsp3) is 0.615. The molecule has 0 aromatic heterocycles. The average Bonchev–Trinajstić information content (AvgIpc) is 2.30. The molecule has 3 nitrogen and oxygen atoms in total. The van der Waals surface area contributed by atoms with E-state index in [4.69, 9.17) is 6.42 Å². The summed E-state index contributed by atoms with van der Waals surface area (Å²) in [5.74, 6) is 3.40. The summed E-state index contributed by atoms with van der Waals surface area (Å²) < 4.78 is 0. The first kappa shape index (κ1) is 18.7. The minimum Gasteiger partial charge on any atom is -0.346 e. The van der Waals surface area contributed by atoms with Gasteiger partial charge in [-0.25, -0.2) is 0 Å². The molecule has 0 heterocycles. The van der Waals surface area contributed by atoms with Crippen LogP contribution in [0.2, 0.25) is 0 Å². The van der Waals surface area contributed by atoms with Gasteiger partial charge in [0.2, 0.25) is 0 Å². The fourth-order valence-electron chi connectivity index (χ4n) is 1.44. The van der Waals surface area contributed by atoms with Crippen molar-refractivity contribution in [2.75, 3.05) is 27.2 Å². The Hall–Kier alpha value is -0.700. The van der Waals surface area contributed by atoms with Gasteiger partial charge in [0.15, 0.2) is 5.96 Å². The van der Waals surface area contributed by atoms with Gasteiger partial charge in [0.1, 0.15) is 0 Å². The quantitative estimate of drug-likeness (QED) is 0.191. The molecule has 0 aromatic carbocycles. The zero-order chi connectivity index (χ0) is 12.2. The zero-order valence-electron chi connectivity index (χ0n) is 10.9. The lowest BCUT2D eigenvalue weighted by molar-refractivity contribution is 0.458. The summed E-state index contributed by atoms with van der Waals surface area (Å²) in [6.07, 6.45) is 11.9. The highest BCUT2D eigenvalue weighted by molar-refractivity contribution is 14.0. The minimum atomic E-state index is 0. The first-order valence-electron chi connectivity index (χ1n) is 5.72. The van der Waals surface area contributed by atoms with Gasteiger partial charge in [-0.15, -0.1) is 37.0 Å². The highest BCUT2D eigenvalue weighted by atomic mass is 127. The van der Waals surface area contributed by atoms with Crippen molar-refractivity contribution in [3.8, 4) is 12.3 Å². The molecule has 0 atom stereocenters. The summed E-state index contributed by atoms with van der Waals surface area (Å²) >= 11 is 0. The highest BCUT2D eigenvalue weighted by Gasteiger charge is 2.03. The molecule has 1 N–H and O–H groups in total. The molecule has 0 unspecified atom stereocenters. The number of nitrogens with one attached hydrogen (secondary N) is 1. The number of hydrogen-bond donors (Lipinski definition) is 1. The van der Waals surface area contributed by atoms with Gasteiger partial charge < -0.3 is 10.2 Å². The van der Waals surface area contributed by atoms with Crippen LogP contribution in [0.3, 0.4) is 0 Å². The van der Waals surface area contributed by atoms with Crippen molar-refractivity contribution in [1.82, 2.24) is 10.2 Å². The van der Waals surface area contributed by atoms with E-state index in [0.29, 0.717) is 6.54 Å². The van der Waals surface area contributed by atoms with Gasteiger partial charge in [-0.1, -0.05) is 18.4 Å². The Balaban J connectivity index is 0. The third-order valence-electron chi connectivity index (χ3n) is 2.32. The standard InChI is InChI=1S/C13H23N3.HI/c1-5-7-8-9-10-12-16(4)13(14-3)15-11-6-2;/h2,5H,1,7-12H2,3-4H3,(H,14,15);1H. The number of hydrogen-bond acceptors (Lipinski definition) is 1. The maximum atomic E-state index is 5.19. The monoisotopic (exact) mass is 349 g/mol. The Morgan fingerprint density at radius 2 is 2.18 bits per heavy atom. The van der Waals surface area contributed by atoms with Crippen LogP contribution in [-0.4, -0.2) is 38.0 Å². The molecule has 98 valence electrons. The van der Waals surface area contributed by atoms with Gasteiger partial charge in [0.05, 0.1) is 6.54 Å². The highest BCUT2D eigenvalue weighted by Crippen LogP contribution is 2.01. The molecular formula is C13H24IN3. The summed E-state index contributed by atoms with van der Waals surface area (Å²) in [7, 11) is 3.80. The van der Waals surface area contributed by atoms with E-state index in [2.05, 4.69) is 27.7 Å². The Bertz CT molecular complexity index is 256. The lowest BCUT2D eigenvalue weighted by Gasteiger charge is -2.21. The molecule has 0 amide bonds. The molecule has 0 aromatic rings. The van der Waals surface area contributed by atoms with Gasteiger partial charge in [0, 0.05) is 20.6 Å². The van der Waals surface area contributed by atoms with Crippen LogP contribution < -0.4 is 5.32 Å². The van der Waals surface area contributed by atoms with Crippen LogP contribution >= 0.6 is 24.0 Å². The Morgan fingerprint density at radius 1 is 1.47 bits per heavy atom. The Kier molecular flexibility index (Phi) is 14.7. The molecular weight excluding hydrogens is 325 g/mol. The van der Waals surface area contributed by atoms with Crippen molar-refractivity contribution in [2.45, 2.75) is 25.7 Å².